The Morgan fingerprint density at radius 1 is 1.29 bits per heavy atom. The zero-order valence-corrected chi connectivity index (χ0v) is 8.78. The minimum atomic E-state index is -1.05. The van der Waals surface area contributed by atoms with Crippen molar-refractivity contribution in [3.05, 3.63) is 36.9 Å². The van der Waals surface area contributed by atoms with Crippen molar-refractivity contribution in [2.75, 3.05) is 6.61 Å². The summed E-state index contributed by atoms with van der Waals surface area (Å²) in [6, 6.07) is 5.17. The average molecular weight is 231 g/mol. The van der Waals surface area contributed by atoms with Crippen LogP contribution in [0.15, 0.2) is 36.9 Å². The Bertz CT molecular complexity index is 516. The minimum absolute atomic E-state index is 0.231. The van der Waals surface area contributed by atoms with Crippen molar-refractivity contribution in [3.63, 3.8) is 0 Å². The first kappa shape index (κ1) is 11.0. The van der Waals surface area contributed by atoms with E-state index in [-0.39, 0.29) is 5.88 Å². The first-order valence-electron chi connectivity index (χ1n) is 4.83. The second-order valence-corrected chi connectivity index (χ2v) is 3.16. The van der Waals surface area contributed by atoms with Crippen LogP contribution in [0.5, 0.6) is 5.88 Å². The van der Waals surface area contributed by atoms with Gasteiger partial charge in [0.15, 0.2) is 6.61 Å². The van der Waals surface area contributed by atoms with Crippen molar-refractivity contribution in [1.82, 2.24) is 15.0 Å². The third kappa shape index (κ3) is 2.97. The molecule has 0 spiro atoms. The van der Waals surface area contributed by atoms with Crippen LogP contribution >= 0.6 is 0 Å². The van der Waals surface area contributed by atoms with E-state index in [1.165, 1.54) is 6.33 Å². The predicted octanol–water partition coefficient (Wildman–Crippen LogP) is 1.00. The second kappa shape index (κ2) is 5.02. The smallest absolute Gasteiger partial charge is 0.341 e. The third-order valence-corrected chi connectivity index (χ3v) is 1.96. The summed E-state index contributed by atoms with van der Waals surface area (Å²) in [4.78, 5) is 22.1. The van der Waals surface area contributed by atoms with E-state index >= 15 is 0 Å². The molecule has 0 aromatic carbocycles. The highest BCUT2D eigenvalue weighted by Crippen LogP contribution is 2.18. The number of carbonyl (C=O) groups is 1. The van der Waals surface area contributed by atoms with Gasteiger partial charge in [0.2, 0.25) is 5.88 Å². The highest BCUT2D eigenvalue weighted by atomic mass is 16.5. The lowest BCUT2D eigenvalue weighted by atomic mass is 10.2. The molecule has 0 radical (unpaired) electrons. The Balaban J connectivity index is 2.20. The van der Waals surface area contributed by atoms with Crippen molar-refractivity contribution in [1.29, 1.82) is 0 Å². The lowest BCUT2D eigenvalue weighted by Gasteiger charge is -2.03. The van der Waals surface area contributed by atoms with Crippen molar-refractivity contribution in [2.24, 2.45) is 0 Å². The first-order chi connectivity index (χ1) is 8.25. The SMILES string of the molecule is O=C(O)COc1cc(-c2ccncc2)ncn1. The first-order valence-corrected chi connectivity index (χ1v) is 4.83. The summed E-state index contributed by atoms with van der Waals surface area (Å²) < 4.78 is 4.96. The molecule has 17 heavy (non-hydrogen) atoms. The Hall–Kier alpha value is -2.50. The fraction of sp³-hybridized carbons (Fsp3) is 0.0909. The Morgan fingerprint density at radius 2 is 2.06 bits per heavy atom. The van der Waals surface area contributed by atoms with E-state index in [2.05, 4.69) is 15.0 Å². The van der Waals surface area contributed by atoms with Crippen molar-refractivity contribution in [3.8, 4) is 17.1 Å². The molecular formula is C11H9N3O3. The van der Waals surface area contributed by atoms with Crippen molar-refractivity contribution >= 4 is 5.97 Å². The zero-order valence-electron chi connectivity index (χ0n) is 8.78. The number of nitrogens with zero attached hydrogens (tertiary/aromatic N) is 3. The number of carboxylic acids is 1. The third-order valence-electron chi connectivity index (χ3n) is 1.96. The molecule has 0 unspecified atom stereocenters. The van der Waals surface area contributed by atoms with Gasteiger partial charge in [0.05, 0.1) is 5.69 Å². The highest BCUT2D eigenvalue weighted by Gasteiger charge is 2.04. The number of rotatable bonds is 4. The lowest BCUT2D eigenvalue weighted by molar-refractivity contribution is -0.139. The largest absolute Gasteiger partial charge is 0.479 e. The Labute approximate surface area is 96.9 Å². The molecule has 6 nitrogen and oxygen atoms in total. The van der Waals surface area contributed by atoms with Gasteiger partial charge in [-0.15, -0.1) is 0 Å². The fourth-order valence-electron chi connectivity index (χ4n) is 1.23. The maximum absolute atomic E-state index is 10.4. The highest BCUT2D eigenvalue weighted by molar-refractivity contribution is 5.68. The zero-order chi connectivity index (χ0) is 12.1. The number of ether oxygens (including phenoxy) is 1. The maximum Gasteiger partial charge on any atom is 0.341 e. The summed E-state index contributed by atoms with van der Waals surface area (Å²) in [5, 5.41) is 8.48. The summed E-state index contributed by atoms with van der Waals surface area (Å²) in [6.07, 6.45) is 4.62. The number of hydrogen-bond donors (Lipinski definition) is 1. The van der Waals surface area contributed by atoms with Crippen LogP contribution in [0.3, 0.4) is 0 Å². The van der Waals surface area contributed by atoms with Crippen LogP contribution in [0.2, 0.25) is 0 Å². The molecule has 86 valence electrons. The van der Waals surface area contributed by atoms with Gasteiger partial charge in [-0.2, -0.15) is 0 Å². The van der Waals surface area contributed by atoms with Gasteiger partial charge in [0.1, 0.15) is 6.33 Å². The number of aromatic nitrogens is 3. The summed E-state index contributed by atoms with van der Waals surface area (Å²) >= 11 is 0. The van der Waals surface area contributed by atoms with Gasteiger partial charge >= 0.3 is 5.97 Å². The van der Waals surface area contributed by atoms with Crippen LogP contribution < -0.4 is 4.74 Å². The molecule has 2 heterocycles. The summed E-state index contributed by atoms with van der Waals surface area (Å²) in [7, 11) is 0. The molecule has 1 N–H and O–H groups in total. The molecule has 0 aliphatic carbocycles. The fourth-order valence-corrected chi connectivity index (χ4v) is 1.23. The van der Waals surface area contributed by atoms with Crippen LogP contribution in [-0.2, 0) is 4.79 Å². The molecule has 0 fully saturated rings. The number of hydrogen-bond acceptors (Lipinski definition) is 5. The van der Waals surface area contributed by atoms with Crippen LogP contribution in [-0.4, -0.2) is 32.6 Å². The molecule has 0 amide bonds. The normalized spacial score (nSPS) is 9.88. The van der Waals surface area contributed by atoms with E-state index < -0.39 is 12.6 Å². The van der Waals surface area contributed by atoms with Crippen LogP contribution in [0.25, 0.3) is 11.3 Å². The molecule has 0 saturated carbocycles. The molecule has 0 atom stereocenters. The predicted molar refractivity (Wildman–Crippen MR) is 58.4 cm³/mol. The monoisotopic (exact) mass is 231 g/mol. The molecule has 6 heteroatoms. The summed E-state index contributed by atoms with van der Waals surface area (Å²) in [5.41, 5.74) is 1.52. The Morgan fingerprint density at radius 3 is 2.76 bits per heavy atom. The Kier molecular flexibility index (Phi) is 3.25. The molecule has 0 aliphatic rings. The van der Waals surface area contributed by atoms with Crippen molar-refractivity contribution < 1.29 is 14.6 Å². The van der Waals surface area contributed by atoms with Gasteiger partial charge in [-0.3, -0.25) is 4.98 Å². The van der Waals surface area contributed by atoms with Gasteiger partial charge in [-0.05, 0) is 12.1 Å². The van der Waals surface area contributed by atoms with Crippen LogP contribution in [0.4, 0.5) is 0 Å². The number of carboxylic acid groups (broad SMARTS) is 1. The van der Waals surface area contributed by atoms with Gasteiger partial charge in [-0.1, -0.05) is 0 Å². The molecule has 0 aliphatic heterocycles. The summed E-state index contributed by atoms with van der Waals surface area (Å²) in [6.45, 7) is -0.424. The van der Waals surface area contributed by atoms with E-state index in [1.54, 1.807) is 30.6 Å². The minimum Gasteiger partial charge on any atom is -0.479 e. The summed E-state index contributed by atoms with van der Waals surface area (Å²) in [5.74, 6) is -0.816. The molecule has 2 aromatic rings. The molecule has 2 rings (SSSR count). The van der Waals surface area contributed by atoms with Gasteiger partial charge < -0.3 is 9.84 Å². The topological polar surface area (TPSA) is 85.2 Å². The second-order valence-electron chi connectivity index (χ2n) is 3.16. The van der Waals surface area contributed by atoms with Gasteiger partial charge in [-0.25, -0.2) is 14.8 Å². The average Bonchev–Trinajstić information content (AvgIpc) is 2.38. The van der Waals surface area contributed by atoms with Gasteiger partial charge in [0.25, 0.3) is 0 Å². The van der Waals surface area contributed by atoms with E-state index in [9.17, 15) is 4.79 Å². The lowest BCUT2D eigenvalue weighted by Crippen LogP contribution is -2.10. The van der Waals surface area contributed by atoms with E-state index in [0.717, 1.165) is 5.56 Å². The molecular weight excluding hydrogens is 222 g/mol. The van der Waals surface area contributed by atoms with E-state index in [0.29, 0.717) is 5.69 Å². The molecule has 2 aromatic heterocycles. The molecule has 0 bridgehead atoms. The number of pyridine rings is 1. The quantitative estimate of drug-likeness (QED) is 0.844. The number of aliphatic carboxylic acids is 1. The van der Waals surface area contributed by atoms with Crippen molar-refractivity contribution in [2.45, 2.75) is 0 Å². The van der Waals surface area contributed by atoms with E-state index in [4.69, 9.17) is 9.84 Å². The van der Waals surface area contributed by atoms with Crippen LogP contribution in [0, 0.1) is 0 Å². The maximum atomic E-state index is 10.4. The van der Waals surface area contributed by atoms with E-state index in [1.807, 2.05) is 0 Å². The van der Waals surface area contributed by atoms with Crippen LogP contribution in [0.1, 0.15) is 0 Å². The molecule has 0 saturated heterocycles. The van der Waals surface area contributed by atoms with Gasteiger partial charge in [0, 0.05) is 24.0 Å². The standard InChI is InChI=1S/C11H9N3O3/c15-11(16)6-17-10-5-9(13-7-14-10)8-1-3-12-4-2-8/h1-5,7H,6H2,(H,15,16).